The average Bonchev–Trinajstić information content (AvgIpc) is 1.04. The van der Waals surface area contributed by atoms with Crippen LogP contribution in [0.15, 0.2) is 288 Å². The third-order valence-corrected chi connectivity index (χ3v) is 20.3. The van der Waals surface area contributed by atoms with Crippen molar-refractivity contribution in [3.63, 3.8) is 0 Å². The monoisotopic (exact) mass is 1240 g/mol. The zero-order valence-corrected chi connectivity index (χ0v) is 55.7. The van der Waals surface area contributed by atoms with Gasteiger partial charge in [0.2, 0.25) is 0 Å². The molecule has 2 heterocycles. The number of anilines is 6. The van der Waals surface area contributed by atoms with Gasteiger partial charge in [-0.15, -0.1) is 0 Å². The summed E-state index contributed by atoms with van der Waals surface area (Å²) in [5.74, 6) is 0. The van der Waals surface area contributed by atoms with E-state index in [-0.39, 0.29) is 10.8 Å². The highest BCUT2D eigenvalue weighted by Gasteiger charge is 2.28. The minimum absolute atomic E-state index is 0.0303. The molecule has 0 saturated carbocycles. The molecule has 0 aliphatic carbocycles. The summed E-state index contributed by atoms with van der Waals surface area (Å²) >= 11 is 0. The van der Waals surface area contributed by atoms with Gasteiger partial charge >= 0.3 is 0 Å². The van der Waals surface area contributed by atoms with Crippen LogP contribution in [0.1, 0.15) is 77.6 Å². The van der Waals surface area contributed by atoms with Gasteiger partial charge in [-0.05, 0) is 184 Å². The summed E-state index contributed by atoms with van der Waals surface area (Å²) in [6.45, 7) is 18.5. The minimum Gasteiger partial charge on any atom is -0.455 e. The van der Waals surface area contributed by atoms with Crippen LogP contribution in [0.5, 0.6) is 0 Å². The number of aryl methyl sites for hydroxylation is 2. The van der Waals surface area contributed by atoms with Crippen LogP contribution in [-0.2, 0) is 23.7 Å². The van der Waals surface area contributed by atoms with Gasteiger partial charge in [-0.2, -0.15) is 0 Å². The van der Waals surface area contributed by atoms with Crippen molar-refractivity contribution < 1.29 is 8.83 Å². The standard InChI is InChI=1S/C48H41NO.C44H33NO/c1-47(2,3)40-28-22-31-21-25-38-41(48(4,5)6)29-42(39-27-26-37(40)44(31)45(38)39)49(32-13-8-7-9-14-32)33-23-19-30(20-24-33)34-16-12-17-36-35-15-10-11-18-43(35)50-46(34)36;1-3-28-17-18-31-21-24-35-29(4-2)27-40(39-26-25-34(28)42(31)43(35)39)45(32-11-6-5-7-12-32)33-22-19-30(20-23-33)36-14-10-15-38-37-13-8-9-16-41(37)46-44(36)38/h7-29H,1-6H3;5-27H,3-4H2,1-2H3. The molecule has 18 aromatic rings. The number of nitrogens with zero attached hydrogens (tertiary/aromatic N) is 2. The molecular weight excluding hydrogens is 1170 g/mol. The maximum absolute atomic E-state index is 6.42. The Balaban J connectivity index is 0.000000146. The first-order valence-corrected chi connectivity index (χ1v) is 34.0. The first kappa shape index (κ1) is 58.6. The molecule has 4 heteroatoms. The molecule has 4 nitrogen and oxygen atoms in total. The first-order chi connectivity index (χ1) is 46.8. The largest absolute Gasteiger partial charge is 0.455 e. The molecule has 2 aromatic heterocycles. The molecule has 0 aliphatic heterocycles. The van der Waals surface area contributed by atoms with E-state index < -0.39 is 0 Å². The van der Waals surface area contributed by atoms with Gasteiger partial charge in [0.05, 0.1) is 11.4 Å². The van der Waals surface area contributed by atoms with Gasteiger partial charge in [0.15, 0.2) is 0 Å². The molecule has 0 atom stereocenters. The van der Waals surface area contributed by atoms with Crippen molar-refractivity contribution in [1.82, 2.24) is 0 Å². The second-order valence-electron chi connectivity index (χ2n) is 28.0. The summed E-state index contributed by atoms with van der Waals surface area (Å²) in [7, 11) is 0. The SMILES string of the molecule is CC(C)(C)c1ccc2ccc3c(C(C)(C)C)cc(N(c4ccccc4)c4ccc(-c5cccc6c5oc5ccccc56)cc4)c4ccc1c2c43.CCc1ccc2ccc3c(CC)cc(N(c4ccccc4)c4ccc(-c5cccc6c5oc5ccccc56)cc4)c4ccc1c2c34. The van der Waals surface area contributed by atoms with Gasteiger partial charge in [-0.1, -0.05) is 262 Å². The lowest BCUT2D eigenvalue weighted by molar-refractivity contribution is 0.595. The third-order valence-electron chi connectivity index (χ3n) is 20.3. The summed E-state index contributed by atoms with van der Waals surface area (Å²) < 4.78 is 12.8. The quantitative estimate of drug-likeness (QED) is 0.128. The molecule has 0 aliphatic rings. The maximum Gasteiger partial charge on any atom is 0.143 e. The first-order valence-electron chi connectivity index (χ1n) is 34.0. The van der Waals surface area contributed by atoms with Crippen molar-refractivity contribution in [3.05, 3.63) is 301 Å². The van der Waals surface area contributed by atoms with E-state index in [1.807, 2.05) is 24.3 Å². The Labute approximate surface area is 560 Å². The van der Waals surface area contributed by atoms with E-state index in [9.17, 15) is 0 Å². The predicted octanol–water partition coefficient (Wildman–Crippen LogP) is 27.0. The average molecular weight is 1240 g/mol. The molecule has 96 heavy (non-hydrogen) atoms. The molecule has 0 amide bonds. The van der Waals surface area contributed by atoms with Crippen molar-refractivity contribution in [3.8, 4) is 22.3 Å². The lowest BCUT2D eigenvalue weighted by Gasteiger charge is -2.32. The van der Waals surface area contributed by atoms with Gasteiger partial charge in [0.1, 0.15) is 22.3 Å². The van der Waals surface area contributed by atoms with Crippen LogP contribution in [0.4, 0.5) is 34.1 Å². The number of rotatable bonds is 10. The van der Waals surface area contributed by atoms with Gasteiger partial charge in [-0.3, -0.25) is 0 Å². The van der Waals surface area contributed by atoms with Crippen LogP contribution in [0.2, 0.25) is 0 Å². The summed E-state index contributed by atoms with van der Waals surface area (Å²) in [4.78, 5) is 4.87. The van der Waals surface area contributed by atoms with Crippen LogP contribution in [-0.4, -0.2) is 0 Å². The molecular formula is C92H74N2O2. The van der Waals surface area contributed by atoms with Crippen LogP contribution < -0.4 is 9.80 Å². The molecule has 464 valence electrons. The highest BCUT2D eigenvalue weighted by Crippen LogP contribution is 2.51. The van der Waals surface area contributed by atoms with Crippen molar-refractivity contribution >= 4 is 143 Å². The number of fused-ring (bicyclic) bond motifs is 6. The van der Waals surface area contributed by atoms with Gasteiger partial charge in [0, 0.05) is 66.2 Å². The Hall–Kier alpha value is -11.2. The molecule has 0 saturated heterocycles. The van der Waals surface area contributed by atoms with Crippen molar-refractivity contribution in [2.45, 2.75) is 79.1 Å². The van der Waals surface area contributed by atoms with Crippen LogP contribution in [0.3, 0.4) is 0 Å². The van der Waals surface area contributed by atoms with Crippen molar-refractivity contribution in [2.75, 3.05) is 9.80 Å². The lowest BCUT2D eigenvalue weighted by Crippen LogP contribution is -2.16. The Morgan fingerprint density at radius 1 is 0.281 bits per heavy atom. The van der Waals surface area contributed by atoms with Crippen molar-refractivity contribution in [1.29, 1.82) is 0 Å². The number of para-hydroxylation sites is 6. The van der Waals surface area contributed by atoms with Crippen LogP contribution in [0, 0.1) is 0 Å². The van der Waals surface area contributed by atoms with E-state index in [1.54, 1.807) is 0 Å². The number of hydrogen-bond donors (Lipinski definition) is 0. The summed E-state index contributed by atoms with van der Waals surface area (Å²) in [5, 5.41) is 20.6. The van der Waals surface area contributed by atoms with E-state index in [2.05, 4.69) is 320 Å². The van der Waals surface area contributed by atoms with Crippen molar-refractivity contribution in [2.24, 2.45) is 0 Å². The second kappa shape index (κ2) is 22.8. The molecule has 0 spiro atoms. The topological polar surface area (TPSA) is 32.8 Å². The third kappa shape index (κ3) is 9.55. The Kier molecular flexibility index (Phi) is 13.9. The van der Waals surface area contributed by atoms with E-state index in [0.29, 0.717) is 0 Å². The number of furan rings is 2. The van der Waals surface area contributed by atoms with Gasteiger partial charge in [-0.25, -0.2) is 0 Å². The fourth-order valence-corrected chi connectivity index (χ4v) is 15.7. The smallest absolute Gasteiger partial charge is 0.143 e. The summed E-state index contributed by atoms with van der Waals surface area (Å²) in [6.07, 6.45) is 1.98. The second-order valence-corrected chi connectivity index (χ2v) is 28.0. The molecule has 0 fully saturated rings. The van der Waals surface area contributed by atoms with E-state index in [4.69, 9.17) is 8.83 Å². The molecule has 0 unspecified atom stereocenters. The normalized spacial score (nSPS) is 12.2. The Bertz CT molecular complexity index is 5980. The summed E-state index contributed by atoms with van der Waals surface area (Å²) in [6, 6.07) is 102. The zero-order valence-electron chi connectivity index (χ0n) is 55.7. The molecule has 0 bridgehead atoms. The Morgan fingerprint density at radius 3 is 1.19 bits per heavy atom. The van der Waals surface area contributed by atoms with Gasteiger partial charge < -0.3 is 18.6 Å². The van der Waals surface area contributed by atoms with E-state index in [0.717, 1.165) is 102 Å². The number of benzene rings is 16. The van der Waals surface area contributed by atoms with Crippen LogP contribution >= 0.6 is 0 Å². The van der Waals surface area contributed by atoms with E-state index >= 15 is 0 Å². The number of hydrogen-bond acceptors (Lipinski definition) is 4. The highest BCUT2D eigenvalue weighted by atomic mass is 16.3. The maximum atomic E-state index is 6.42. The van der Waals surface area contributed by atoms with Crippen LogP contribution in [0.25, 0.3) is 131 Å². The minimum atomic E-state index is -0.0681. The summed E-state index contributed by atoms with van der Waals surface area (Å²) in [5.41, 5.74) is 20.5. The zero-order chi connectivity index (χ0) is 65.1. The predicted molar refractivity (Wildman–Crippen MR) is 411 cm³/mol. The molecule has 0 N–H and O–H groups in total. The van der Waals surface area contributed by atoms with E-state index in [1.165, 1.54) is 98.3 Å². The van der Waals surface area contributed by atoms with Gasteiger partial charge in [0.25, 0.3) is 0 Å². The molecule has 18 rings (SSSR count). The fourth-order valence-electron chi connectivity index (χ4n) is 15.7. The Morgan fingerprint density at radius 2 is 0.667 bits per heavy atom. The highest BCUT2D eigenvalue weighted by molar-refractivity contribution is 6.29. The lowest BCUT2D eigenvalue weighted by atomic mass is 9.78. The fraction of sp³-hybridized carbons (Fsp3) is 0.130. The molecule has 0 radical (unpaired) electrons. The molecule has 16 aromatic carbocycles.